The van der Waals surface area contributed by atoms with Gasteiger partial charge >= 0.3 is 0 Å². The van der Waals surface area contributed by atoms with Crippen molar-refractivity contribution >= 4 is 0 Å². The van der Waals surface area contributed by atoms with Crippen LogP contribution >= 0.6 is 0 Å². The molecular formula is C15H11N5O. The Kier molecular flexibility index (Phi) is 3.09. The fourth-order valence-corrected chi connectivity index (χ4v) is 2.14. The fraction of sp³-hybridized carbons (Fsp3) is 0.0667. The van der Waals surface area contributed by atoms with Crippen molar-refractivity contribution in [2.24, 2.45) is 0 Å². The summed E-state index contributed by atoms with van der Waals surface area (Å²) in [4.78, 5) is 18.2. The number of nitrogens with zero attached hydrogens (tertiary/aromatic N) is 4. The first-order chi connectivity index (χ1) is 10.2. The molecular weight excluding hydrogens is 266 g/mol. The van der Waals surface area contributed by atoms with Crippen LogP contribution in [0.15, 0.2) is 47.8 Å². The average molecular weight is 277 g/mol. The van der Waals surface area contributed by atoms with Crippen molar-refractivity contribution in [1.82, 2.24) is 19.7 Å². The van der Waals surface area contributed by atoms with Crippen LogP contribution in [-0.2, 0) is 0 Å². The molecule has 102 valence electrons. The van der Waals surface area contributed by atoms with Gasteiger partial charge in [-0.1, -0.05) is 12.1 Å². The lowest BCUT2D eigenvalue weighted by Gasteiger charge is -2.07. The summed E-state index contributed by atoms with van der Waals surface area (Å²) >= 11 is 0. The number of rotatable bonds is 2. The van der Waals surface area contributed by atoms with Crippen LogP contribution in [0.3, 0.4) is 0 Å². The van der Waals surface area contributed by atoms with Crippen LogP contribution in [0.1, 0.15) is 11.3 Å². The molecule has 0 atom stereocenters. The molecule has 6 heteroatoms. The van der Waals surface area contributed by atoms with Crippen molar-refractivity contribution < 1.29 is 0 Å². The van der Waals surface area contributed by atoms with Gasteiger partial charge in [-0.15, -0.1) is 0 Å². The molecule has 0 saturated heterocycles. The number of H-pyrrole nitrogens is 1. The third kappa shape index (κ3) is 2.32. The highest BCUT2D eigenvalue weighted by atomic mass is 16.1. The maximum absolute atomic E-state index is 11.6. The van der Waals surface area contributed by atoms with Crippen molar-refractivity contribution in [2.45, 2.75) is 6.92 Å². The quantitative estimate of drug-likeness (QED) is 0.773. The van der Waals surface area contributed by atoms with Crippen LogP contribution in [0.5, 0.6) is 0 Å². The monoisotopic (exact) mass is 277 g/mol. The van der Waals surface area contributed by atoms with Crippen LogP contribution in [0.2, 0.25) is 0 Å². The van der Waals surface area contributed by atoms with Gasteiger partial charge in [0.2, 0.25) is 0 Å². The largest absolute Gasteiger partial charge is 0.325 e. The number of nitriles is 1. The fourth-order valence-electron chi connectivity index (χ4n) is 2.14. The van der Waals surface area contributed by atoms with Crippen molar-refractivity contribution in [1.29, 1.82) is 5.26 Å². The topological polar surface area (TPSA) is 87.4 Å². The number of aryl methyl sites for hydroxylation is 1. The molecule has 3 aromatic rings. The zero-order valence-corrected chi connectivity index (χ0v) is 11.2. The van der Waals surface area contributed by atoms with E-state index in [0.717, 1.165) is 22.5 Å². The van der Waals surface area contributed by atoms with Gasteiger partial charge in [0, 0.05) is 11.3 Å². The average Bonchev–Trinajstić information content (AvgIpc) is 3.02. The van der Waals surface area contributed by atoms with E-state index in [1.165, 1.54) is 6.33 Å². The molecule has 0 fully saturated rings. The standard InChI is InChI=1S/C15H11N5O/c1-10-14(6-12(7-16)15(21)19-10)11-2-4-13(5-3-11)20-9-17-8-18-20/h2-6,8-9H,1H3,(H,19,21). The Hall–Kier alpha value is -3.20. The van der Waals surface area contributed by atoms with Gasteiger partial charge in [0.15, 0.2) is 0 Å². The molecule has 0 bridgehead atoms. The second-order valence-electron chi connectivity index (χ2n) is 4.55. The third-order valence-electron chi connectivity index (χ3n) is 3.22. The van der Waals surface area contributed by atoms with Crippen LogP contribution in [0, 0.1) is 18.3 Å². The smallest absolute Gasteiger partial charge is 0.266 e. The lowest BCUT2D eigenvalue weighted by atomic mass is 10.0. The van der Waals surface area contributed by atoms with Crippen molar-refractivity contribution in [2.75, 3.05) is 0 Å². The van der Waals surface area contributed by atoms with Crippen LogP contribution in [0.4, 0.5) is 0 Å². The predicted octanol–water partition coefficient (Wildman–Crippen LogP) is 1.80. The minimum Gasteiger partial charge on any atom is -0.325 e. The van der Waals surface area contributed by atoms with E-state index in [-0.39, 0.29) is 11.1 Å². The molecule has 3 rings (SSSR count). The van der Waals surface area contributed by atoms with Crippen LogP contribution < -0.4 is 5.56 Å². The molecule has 0 radical (unpaired) electrons. The Bertz CT molecular complexity index is 870. The first-order valence-corrected chi connectivity index (χ1v) is 6.28. The van der Waals surface area contributed by atoms with Crippen molar-refractivity contribution in [3.63, 3.8) is 0 Å². The van der Waals surface area contributed by atoms with Gasteiger partial charge < -0.3 is 4.98 Å². The van der Waals surface area contributed by atoms with Gasteiger partial charge in [0.1, 0.15) is 24.3 Å². The Labute approximate surface area is 120 Å². The summed E-state index contributed by atoms with van der Waals surface area (Å²) in [6.07, 6.45) is 3.09. The summed E-state index contributed by atoms with van der Waals surface area (Å²) in [7, 11) is 0. The Morgan fingerprint density at radius 3 is 2.67 bits per heavy atom. The van der Waals surface area contributed by atoms with Crippen LogP contribution in [0.25, 0.3) is 16.8 Å². The second-order valence-corrected chi connectivity index (χ2v) is 4.55. The number of aromatic nitrogens is 4. The summed E-state index contributed by atoms with van der Waals surface area (Å²) in [5, 5.41) is 13.0. The summed E-state index contributed by atoms with van der Waals surface area (Å²) in [5.41, 5.74) is 3.11. The number of nitrogens with one attached hydrogen (secondary N) is 1. The molecule has 0 aliphatic carbocycles. The van der Waals surface area contributed by atoms with Crippen molar-refractivity contribution in [3.05, 3.63) is 64.6 Å². The van der Waals surface area contributed by atoms with Gasteiger partial charge in [-0.05, 0) is 30.7 Å². The minimum atomic E-state index is -0.363. The van der Waals surface area contributed by atoms with E-state index >= 15 is 0 Å². The Morgan fingerprint density at radius 2 is 2.05 bits per heavy atom. The number of hydrogen-bond donors (Lipinski definition) is 1. The lowest BCUT2D eigenvalue weighted by Crippen LogP contribution is -2.11. The molecule has 2 heterocycles. The summed E-state index contributed by atoms with van der Waals surface area (Å²) in [6, 6.07) is 11.1. The Balaban J connectivity index is 2.06. The third-order valence-corrected chi connectivity index (χ3v) is 3.22. The molecule has 0 unspecified atom stereocenters. The number of benzene rings is 1. The van der Waals surface area contributed by atoms with E-state index in [4.69, 9.17) is 5.26 Å². The molecule has 1 N–H and O–H groups in total. The van der Waals surface area contributed by atoms with Crippen molar-refractivity contribution in [3.8, 4) is 22.9 Å². The molecule has 21 heavy (non-hydrogen) atoms. The summed E-state index contributed by atoms with van der Waals surface area (Å²) in [5.74, 6) is 0. The predicted molar refractivity (Wildman–Crippen MR) is 76.9 cm³/mol. The first kappa shape index (κ1) is 12.8. The molecule has 2 aromatic heterocycles. The minimum absolute atomic E-state index is 0.107. The molecule has 0 aliphatic heterocycles. The van der Waals surface area contributed by atoms with E-state index in [0.29, 0.717) is 0 Å². The van der Waals surface area contributed by atoms with E-state index in [1.54, 1.807) is 17.1 Å². The van der Waals surface area contributed by atoms with Gasteiger partial charge in [-0.2, -0.15) is 10.4 Å². The number of pyridine rings is 1. The number of aromatic amines is 1. The zero-order chi connectivity index (χ0) is 14.8. The van der Waals surface area contributed by atoms with Gasteiger partial charge in [-0.3, -0.25) is 4.79 Å². The highest BCUT2D eigenvalue weighted by molar-refractivity contribution is 5.68. The highest BCUT2D eigenvalue weighted by Gasteiger charge is 2.08. The normalized spacial score (nSPS) is 10.3. The van der Waals surface area contributed by atoms with Crippen LogP contribution in [-0.4, -0.2) is 19.7 Å². The van der Waals surface area contributed by atoms with E-state index in [2.05, 4.69) is 15.1 Å². The lowest BCUT2D eigenvalue weighted by molar-refractivity contribution is 0.879. The van der Waals surface area contributed by atoms with Gasteiger partial charge in [-0.25, -0.2) is 9.67 Å². The van der Waals surface area contributed by atoms with Gasteiger partial charge in [0.05, 0.1) is 5.69 Å². The number of hydrogen-bond acceptors (Lipinski definition) is 4. The second kappa shape index (κ2) is 5.06. The molecule has 1 aromatic carbocycles. The highest BCUT2D eigenvalue weighted by Crippen LogP contribution is 2.23. The van der Waals surface area contributed by atoms with E-state index in [1.807, 2.05) is 37.3 Å². The summed E-state index contributed by atoms with van der Waals surface area (Å²) in [6.45, 7) is 1.81. The molecule has 6 nitrogen and oxygen atoms in total. The molecule has 0 amide bonds. The molecule has 0 aliphatic rings. The zero-order valence-electron chi connectivity index (χ0n) is 11.2. The molecule has 0 saturated carbocycles. The summed E-state index contributed by atoms with van der Waals surface area (Å²) < 4.78 is 1.66. The van der Waals surface area contributed by atoms with Gasteiger partial charge in [0.25, 0.3) is 5.56 Å². The maximum Gasteiger partial charge on any atom is 0.266 e. The molecule has 0 spiro atoms. The SMILES string of the molecule is Cc1[nH]c(=O)c(C#N)cc1-c1ccc(-n2cncn2)cc1. The first-order valence-electron chi connectivity index (χ1n) is 6.28. The van der Waals surface area contributed by atoms with E-state index in [9.17, 15) is 4.79 Å². The maximum atomic E-state index is 11.6. The Morgan fingerprint density at radius 1 is 1.29 bits per heavy atom. The van der Waals surface area contributed by atoms with E-state index < -0.39 is 0 Å².